The van der Waals surface area contributed by atoms with Gasteiger partial charge < -0.3 is 5.11 Å². The SMILES string of the molecule is CCCCCCCCCC1C[C@H](O)C[C@H]2CC[C@@H]3[C@@H]4CC[C@H]([C@H](C)CCCC(C)C)[C@@]4(C)CC[C@@H]3[C@@]12C. The standard InChI is InChI=1S/C36H66O/c1-7-8-9-10-11-12-13-17-28-24-30(37)25-29-18-19-31-33-21-20-32(27(4)16-14-15-26(2)3)35(33,5)23-22-34(31)36(28,29)6/h26-34,37H,7-25H2,1-6H3/t27-,28?,29-,30+,31-,32-,33+,34+,35-,36+/m1/s1. The predicted molar refractivity (Wildman–Crippen MR) is 161 cm³/mol. The van der Waals surface area contributed by atoms with E-state index in [1.165, 1.54) is 109 Å². The van der Waals surface area contributed by atoms with Crippen molar-refractivity contribution in [2.24, 2.45) is 58.2 Å². The quantitative estimate of drug-likeness (QED) is 0.242. The molecule has 4 rings (SSSR count). The van der Waals surface area contributed by atoms with Crippen LogP contribution in [0.1, 0.15) is 164 Å². The summed E-state index contributed by atoms with van der Waals surface area (Å²) in [5, 5.41) is 10.9. The van der Waals surface area contributed by atoms with Crippen LogP contribution in [-0.2, 0) is 0 Å². The Bertz CT molecular complexity index is 684. The highest BCUT2D eigenvalue weighted by molar-refractivity contribution is 5.11. The molecule has 1 N–H and O–H groups in total. The van der Waals surface area contributed by atoms with Gasteiger partial charge in [-0.05, 0) is 116 Å². The largest absolute Gasteiger partial charge is 0.393 e. The number of aliphatic hydroxyl groups is 1. The van der Waals surface area contributed by atoms with Crippen molar-refractivity contribution < 1.29 is 5.11 Å². The lowest BCUT2D eigenvalue weighted by Gasteiger charge is -2.63. The topological polar surface area (TPSA) is 20.2 Å². The molecule has 0 saturated heterocycles. The molecular formula is C36H66O. The maximum absolute atomic E-state index is 10.9. The molecule has 0 amide bonds. The Morgan fingerprint density at radius 3 is 2.22 bits per heavy atom. The van der Waals surface area contributed by atoms with Crippen LogP contribution >= 0.6 is 0 Å². The van der Waals surface area contributed by atoms with Crippen LogP contribution in [0, 0.1) is 58.2 Å². The summed E-state index contributed by atoms with van der Waals surface area (Å²) < 4.78 is 0. The summed E-state index contributed by atoms with van der Waals surface area (Å²) in [6.07, 6.45) is 26.6. The number of hydrogen-bond donors (Lipinski definition) is 1. The third kappa shape index (κ3) is 6.33. The molecule has 0 spiro atoms. The number of hydrogen-bond acceptors (Lipinski definition) is 1. The number of unbranched alkanes of at least 4 members (excludes halogenated alkanes) is 6. The molecular weight excluding hydrogens is 448 g/mol. The van der Waals surface area contributed by atoms with E-state index in [4.69, 9.17) is 0 Å². The number of rotatable bonds is 13. The Labute approximate surface area is 232 Å². The first-order valence-corrected chi connectivity index (χ1v) is 17.4. The van der Waals surface area contributed by atoms with Gasteiger partial charge in [0, 0.05) is 0 Å². The average molecular weight is 515 g/mol. The van der Waals surface area contributed by atoms with Gasteiger partial charge in [0.25, 0.3) is 0 Å². The van der Waals surface area contributed by atoms with E-state index in [2.05, 4.69) is 41.5 Å². The number of aliphatic hydroxyl groups excluding tert-OH is 1. The molecule has 0 aliphatic heterocycles. The minimum atomic E-state index is -0.0272. The summed E-state index contributed by atoms with van der Waals surface area (Å²) >= 11 is 0. The lowest BCUT2D eigenvalue weighted by molar-refractivity contribution is -0.159. The predicted octanol–water partition coefficient (Wildman–Crippen LogP) is 10.8. The van der Waals surface area contributed by atoms with Gasteiger partial charge in [-0.25, -0.2) is 0 Å². The Morgan fingerprint density at radius 2 is 1.49 bits per heavy atom. The Balaban J connectivity index is 1.41. The van der Waals surface area contributed by atoms with Crippen molar-refractivity contribution in [3.8, 4) is 0 Å². The fourth-order valence-electron chi connectivity index (χ4n) is 11.3. The molecule has 0 heterocycles. The summed E-state index contributed by atoms with van der Waals surface area (Å²) in [7, 11) is 0. The second-order valence-electron chi connectivity index (χ2n) is 15.8. The van der Waals surface area contributed by atoms with Gasteiger partial charge in [0.05, 0.1) is 6.10 Å². The van der Waals surface area contributed by atoms with Crippen LogP contribution in [0.2, 0.25) is 0 Å². The molecule has 0 aromatic rings. The smallest absolute Gasteiger partial charge is 0.0546 e. The Kier molecular flexibility index (Phi) is 10.6. The lowest BCUT2D eigenvalue weighted by Crippen LogP contribution is -2.57. The maximum Gasteiger partial charge on any atom is 0.0546 e. The molecule has 37 heavy (non-hydrogen) atoms. The van der Waals surface area contributed by atoms with Gasteiger partial charge in [-0.3, -0.25) is 0 Å². The van der Waals surface area contributed by atoms with Crippen LogP contribution in [0.4, 0.5) is 0 Å². The normalized spacial score (nSPS) is 42.3. The maximum atomic E-state index is 10.9. The molecule has 0 aromatic heterocycles. The molecule has 0 radical (unpaired) electrons. The fraction of sp³-hybridized carbons (Fsp3) is 1.00. The third-order valence-electron chi connectivity index (χ3n) is 13.3. The molecule has 4 fully saturated rings. The Hall–Kier alpha value is -0.0400. The minimum Gasteiger partial charge on any atom is -0.393 e. The second kappa shape index (κ2) is 13.1. The first-order valence-electron chi connectivity index (χ1n) is 17.4. The van der Waals surface area contributed by atoms with E-state index >= 15 is 0 Å². The first kappa shape index (κ1) is 29.9. The summed E-state index contributed by atoms with van der Waals surface area (Å²) in [5.41, 5.74) is 1.09. The third-order valence-corrected chi connectivity index (χ3v) is 13.3. The van der Waals surface area contributed by atoms with E-state index in [0.717, 1.165) is 60.2 Å². The zero-order chi connectivity index (χ0) is 26.6. The molecule has 216 valence electrons. The van der Waals surface area contributed by atoms with Gasteiger partial charge in [0.2, 0.25) is 0 Å². The molecule has 4 aliphatic carbocycles. The van der Waals surface area contributed by atoms with Crippen LogP contribution < -0.4 is 0 Å². The van der Waals surface area contributed by atoms with E-state index in [0.29, 0.717) is 10.8 Å². The van der Waals surface area contributed by atoms with Crippen molar-refractivity contribution in [3.05, 3.63) is 0 Å². The molecule has 10 atom stereocenters. The van der Waals surface area contributed by atoms with Gasteiger partial charge in [-0.15, -0.1) is 0 Å². The highest BCUT2D eigenvalue weighted by atomic mass is 16.3. The Morgan fingerprint density at radius 1 is 0.757 bits per heavy atom. The van der Waals surface area contributed by atoms with E-state index in [1.54, 1.807) is 0 Å². The summed E-state index contributed by atoms with van der Waals surface area (Å²) in [6, 6.07) is 0. The molecule has 0 aromatic carbocycles. The average Bonchev–Trinajstić information content (AvgIpc) is 3.21. The van der Waals surface area contributed by atoms with Crippen molar-refractivity contribution in [2.45, 2.75) is 170 Å². The van der Waals surface area contributed by atoms with E-state index < -0.39 is 0 Å². The lowest BCUT2D eigenvalue weighted by atomic mass is 9.42. The van der Waals surface area contributed by atoms with Crippen LogP contribution in [0.3, 0.4) is 0 Å². The zero-order valence-corrected chi connectivity index (χ0v) is 26.1. The van der Waals surface area contributed by atoms with Crippen molar-refractivity contribution in [3.63, 3.8) is 0 Å². The van der Waals surface area contributed by atoms with Crippen LogP contribution in [-0.4, -0.2) is 11.2 Å². The van der Waals surface area contributed by atoms with E-state index in [-0.39, 0.29) is 6.10 Å². The molecule has 4 saturated carbocycles. The second-order valence-corrected chi connectivity index (χ2v) is 15.8. The summed E-state index contributed by atoms with van der Waals surface area (Å²) in [6.45, 7) is 15.2. The van der Waals surface area contributed by atoms with Crippen molar-refractivity contribution in [2.75, 3.05) is 0 Å². The summed E-state index contributed by atoms with van der Waals surface area (Å²) in [5.74, 6) is 7.16. The van der Waals surface area contributed by atoms with Gasteiger partial charge in [0.15, 0.2) is 0 Å². The van der Waals surface area contributed by atoms with Gasteiger partial charge in [-0.2, -0.15) is 0 Å². The molecule has 1 nitrogen and oxygen atoms in total. The first-order chi connectivity index (χ1) is 17.7. The van der Waals surface area contributed by atoms with Crippen LogP contribution in [0.5, 0.6) is 0 Å². The molecule has 1 heteroatoms. The van der Waals surface area contributed by atoms with Crippen LogP contribution in [0.25, 0.3) is 0 Å². The van der Waals surface area contributed by atoms with Crippen LogP contribution in [0.15, 0.2) is 0 Å². The van der Waals surface area contributed by atoms with Crippen molar-refractivity contribution in [1.82, 2.24) is 0 Å². The molecule has 4 aliphatic rings. The molecule has 0 bridgehead atoms. The highest BCUT2D eigenvalue weighted by Gasteiger charge is 2.62. The molecule has 1 unspecified atom stereocenters. The van der Waals surface area contributed by atoms with Gasteiger partial charge in [-0.1, -0.05) is 106 Å². The zero-order valence-electron chi connectivity index (χ0n) is 26.1. The van der Waals surface area contributed by atoms with Crippen molar-refractivity contribution >= 4 is 0 Å². The fourth-order valence-corrected chi connectivity index (χ4v) is 11.3. The van der Waals surface area contributed by atoms with Gasteiger partial charge in [0.1, 0.15) is 0 Å². The van der Waals surface area contributed by atoms with E-state index in [9.17, 15) is 5.11 Å². The van der Waals surface area contributed by atoms with Gasteiger partial charge >= 0.3 is 0 Å². The van der Waals surface area contributed by atoms with Crippen molar-refractivity contribution in [1.29, 1.82) is 0 Å². The monoisotopic (exact) mass is 515 g/mol. The minimum absolute atomic E-state index is 0.0272. The number of fused-ring (bicyclic) bond motifs is 5. The highest BCUT2D eigenvalue weighted by Crippen LogP contribution is 2.69. The summed E-state index contributed by atoms with van der Waals surface area (Å²) in [4.78, 5) is 0. The van der Waals surface area contributed by atoms with E-state index in [1.807, 2.05) is 0 Å².